The number of carbonyl (C=O) groups excluding carboxylic acids is 1. The molecule has 1 N–H and O–H groups in total. The Bertz CT molecular complexity index is 493. The van der Waals surface area contributed by atoms with Gasteiger partial charge in [0.05, 0.1) is 12.2 Å². The second-order valence-corrected chi connectivity index (χ2v) is 5.33. The third-order valence-corrected chi connectivity index (χ3v) is 4.06. The van der Waals surface area contributed by atoms with E-state index in [1.54, 1.807) is 0 Å². The largest absolute Gasteiger partial charge is 0.395 e. The van der Waals surface area contributed by atoms with Crippen LogP contribution in [-0.4, -0.2) is 41.5 Å². The van der Waals surface area contributed by atoms with E-state index in [0.29, 0.717) is 12.5 Å². The Kier molecular flexibility index (Phi) is 4.83. The summed E-state index contributed by atoms with van der Waals surface area (Å²) >= 11 is 0. The summed E-state index contributed by atoms with van der Waals surface area (Å²) in [6, 6.07) is 3.69. The first kappa shape index (κ1) is 15.1. The number of likely N-dealkylation sites (tertiary alicyclic amines) is 1. The third kappa shape index (κ3) is 3.04. The van der Waals surface area contributed by atoms with Crippen LogP contribution >= 0.6 is 0 Å². The number of hydrogen-bond acceptors (Lipinski definition) is 3. The molecule has 2 unspecified atom stereocenters. The van der Waals surface area contributed by atoms with Gasteiger partial charge in [-0.25, -0.2) is 8.78 Å². The molecule has 2 rings (SSSR count). The number of benzene rings is 1. The van der Waals surface area contributed by atoms with Crippen molar-refractivity contribution in [2.24, 2.45) is 5.92 Å². The van der Waals surface area contributed by atoms with Crippen LogP contribution in [0.2, 0.25) is 0 Å². The molecule has 3 nitrogen and oxygen atoms in total. The van der Waals surface area contributed by atoms with Crippen molar-refractivity contribution < 1.29 is 18.7 Å². The highest BCUT2D eigenvalue weighted by Crippen LogP contribution is 2.24. The fourth-order valence-electron chi connectivity index (χ4n) is 2.76. The maximum Gasteiger partial charge on any atom is 0.169 e. The highest BCUT2D eigenvalue weighted by atomic mass is 19.2. The van der Waals surface area contributed by atoms with E-state index in [-0.39, 0.29) is 24.6 Å². The summed E-state index contributed by atoms with van der Waals surface area (Å²) in [6.07, 6.45) is 1.11. The van der Waals surface area contributed by atoms with Crippen LogP contribution in [0.15, 0.2) is 18.2 Å². The predicted molar refractivity (Wildman–Crippen MR) is 71.5 cm³/mol. The standard InChI is InChI=1S/C15H19F2NO2/c1-10-5-7-18(13(10)9-19)8-6-14(20)11-3-2-4-12(16)15(11)17/h2-4,10,13,19H,5-9H2,1H3. The Labute approximate surface area is 117 Å². The zero-order valence-electron chi connectivity index (χ0n) is 11.5. The zero-order valence-corrected chi connectivity index (χ0v) is 11.5. The maximum atomic E-state index is 13.5. The highest BCUT2D eigenvalue weighted by Gasteiger charge is 2.30. The van der Waals surface area contributed by atoms with Gasteiger partial charge < -0.3 is 5.11 Å². The van der Waals surface area contributed by atoms with Gasteiger partial charge >= 0.3 is 0 Å². The predicted octanol–water partition coefficient (Wildman–Crippen LogP) is 2.24. The lowest BCUT2D eigenvalue weighted by Gasteiger charge is -2.24. The third-order valence-electron chi connectivity index (χ3n) is 4.06. The van der Waals surface area contributed by atoms with Crippen LogP contribution < -0.4 is 0 Å². The number of rotatable bonds is 5. The SMILES string of the molecule is CC1CCN(CCC(=O)c2cccc(F)c2F)C1CO. The molecule has 0 bridgehead atoms. The Morgan fingerprint density at radius 3 is 2.90 bits per heavy atom. The van der Waals surface area contributed by atoms with Gasteiger partial charge in [0.2, 0.25) is 0 Å². The number of nitrogens with zero attached hydrogens (tertiary/aromatic N) is 1. The summed E-state index contributed by atoms with van der Waals surface area (Å²) in [5.41, 5.74) is -0.196. The monoisotopic (exact) mass is 283 g/mol. The van der Waals surface area contributed by atoms with Crippen LogP contribution in [0, 0.1) is 17.6 Å². The number of aliphatic hydroxyl groups is 1. The molecule has 2 atom stereocenters. The lowest BCUT2D eigenvalue weighted by molar-refractivity contribution is 0.0929. The molecule has 110 valence electrons. The van der Waals surface area contributed by atoms with Crippen molar-refractivity contribution in [3.63, 3.8) is 0 Å². The van der Waals surface area contributed by atoms with E-state index in [2.05, 4.69) is 6.92 Å². The molecule has 1 saturated heterocycles. The first-order valence-corrected chi connectivity index (χ1v) is 6.86. The van der Waals surface area contributed by atoms with Crippen LogP contribution in [-0.2, 0) is 0 Å². The average Bonchev–Trinajstić information content (AvgIpc) is 2.79. The van der Waals surface area contributed by atoms with E-state index in [4.69, 9.17) is 0 Å². The lowest BCUT2D eigenvalue weighted by atomic mass is 10.0. The Hall–Kier alpha value is -1.33. The van der Waals surface area contributed by atoms with Crippen molar-refractivity contribution in [3.05, 3.63) is 35.4 Å². The minimum atomic E-state index is -1.08. The van der Waals surface area contributed by atoms with Gasteiger partial charge in [0.15, 0.2) is 17.4 Å². The van der Waals surface area contributed by atoms with E-state index < -0.39 is 17.4 Å². The second kappa shape index (κ2) is 6.41. The number of ketones is 1. The van der Waals surface area contributed by atoms with Crippen molar-refractivity contribution in [3.8, 4) is 0 Å². The van der Waals surface area contributed by atoms with Crippen LogP contribution in [0.25, 0.3) is 0 Å². The molecule has 1 aromatic rings. The number of halogens is 2. The average molecular weight is 283 g/mol. The van der Waals surface area contributed by atoms with E-state index in [9.17, 15) is 18.7 Å². The van der Waals surface area contributed by atoms with Gasteiger partial charge in [-0.3, -0.25) is 9.69 Å². The van der Waals surface area contributed by atoms with Crippen molar-refractivity contribution in [2.75, 3.05) is 19.7 Å². The van der Waals surface area contributed by atoms with Gasteiger partial charge in [0.1, 0.15) is 0 Å². The van der Waals surface area contributed by atoms with Gasteiger partial charge in [-0.1, -0.05) is 13.0 Å². The first-order chi connectivity index (χ1) is 9.54. The van der Waals surface area contributed by atoms with Crippen LogP contribution in [0.5, 0.6) is 0 Å². The molecule has 0 saturated carbocycles. The Morgan fingerprint density at radius 1 is 1.45 bits per heavy atom. The Balaban J connectivity index is 1.97. The van der Waals surface area contributed by atoms with Gasteiger partial charge in [0, 0.05) is 19.0 Å². The number of hydrogen-bond donors (Lipinski definition) is 1. The van der Waals surface area contributed by atoms with E-state index in [0.717, 1.165) is 19.0 Å². The van der Waals surface area contributed by atoms with E-state index in [1.807, 2.05) is 4.90 Å². The number of carbonyl (C=O) groups is 1. The fraction of sp³-hybridized carbons (Fsp3) is 0.533. The Morgan fingerprint density at radius 2 is 2.20 bits per heavy atom. The van der Waals surface area contributed by atoms with Gasteiger partial charge in [-0.2, -0.15) is 0 Å². The molecule has 1 aromatic carbocycles. The molecule has 0 aromatic heterocycles. The topological polar surface area (TPSA) is 40.5 Å². The molecule has 1 fully saturated rings. The second-order valence-electron chi connectivity index (χ2n) is 5.33. The van der Waals surface area contributed by atoms with Crippen LogP contribution in [0.3, 0.4) is 0 Å². The molecule has 5 heteroatoms. The highest BCUT2D eigenvalue weighted by molar-refractivity contribution is 5.96. The molecular formula is C15H19F2NO2. The smallest absolute Gasteiger partial charge is 0.169 e. The van der Waals surface area contributed by atoms with Gasteiger partial charge in [-0.15, -0.1) is 0 Å². The van der Waals surface area contributed by atoms with Crippen LogP contribution in [0.4, 0.5) is 8.78 Å². The van der Waals surface area contributed by atoms with Gasteiger partial charge in [0.25, 0.3) is 0 Å². The maximum absolute atomic E-state index is 13.5. The van der Waals surface area contributed by atoms with Crippen molar-refractivity contribution in [1.29, 1.82) is 0 Å². The first-order valence-electron chi connectivity index (χ1n) is 6.86. The van der Waals surface area contributed by atoms with Crippen molar-refractivity contribution in [1.82, 2.24) is 4.90 Å². The fourth-order valence-corrected chi connectivity index (χ4v) is 2.76. The summed E-state index contributed by atoms with van der Waals surface area (Å²) in [7, 11) is 0. The van der Waals surface area contributed by atoms with Crippen molar-refractivity contribution in [2.45, 2.75) is 25.8 Å². The summed E-state index contributed by atoms with van der Waals surface area (Å²) in [5, 5.41) is 9.33. The van der Waals surface area contributed by atoms with E-state index >= 15 is 0 Å². The zero-order chi connectivity index (χ0) is 14.7. The number of Topliss-reactive ketones (excluding diaryl/α,β-unsaturated/α-hetero) is 1. The quantitative estimate of drug-likeness (QED) is 0.843. The van der Waals surface area contributed by atoms with E-state index in [1.165, 1.54) is 12.1 Å². The molecule has 1 aliphatic heterocycles. The molecule has 0 amide bonds. The summed E-state index contributed by atoms with van der Waals surface area (Å²) in [4.78, 5) is 14.0. The molecule has 1 aliphatic rings. The summed E-state index contributed by atoms with van der Waals surface area (Å²) in [6.45, 7) is 3.41. The summed E-state index contributed by atoms with van der Waals surface area (Å²) < 4.78 is 26.6. The molecule has 0 spiro atoms. The minimum absolute atomic E-state index is 0.0557. The lowest BCUT2D eigenvalue weighted by Crippen LogP contribution is -2.36. The van der Waals surface area contributed by atoms with Crippen LogP contribution in [0.1, 0.15) is 30.1 Å². The number of aliphatic hydroxyl groups excluding tert-OH is 1. The molecule has 20 heavy (non-hydrogen) atoms. The molecule has 0 aliphatic carbocycles. The molecule has 0 radical (unpaired) electrons. The molecular weight excluding hydrogens is 264 g/mol. The molecule has 1 heterocycles. The van der Waals surface area contributed by atoms with Gasteiger partial charge in [-0.05, 0) is 31.0 Å². The minimum Gasteiger partial charge on any atom is -0.395 e. The van der Waals surface area contributed by atoms with Crippen molar-refractivity contribution >= 4 is 5.78 Å². The normalized spacial score (nSPS) is 23.2. The summed E-state index contributed by atoms with van der Waals surface area (Å²) in [5.74, 6) is -2.09.